The number of hydrogen-bond acceptors (Lipinski definition) is 4. The van der Waals surface area contributed by atoms with Crippen molar-refractivity contribution in [2.45, 2.75) is 32.2 Å². The fourth-order valence-corrected chi connectivity index (χ4v) is 5.31. The molecule has 6 heteroatoms. The van der Waals surface area contributed by atoms with Crippen molar-refractivity contribution < 1.29 is 14.3 Å². The average Bonchev–Trinajstić information content (AvgIpc) is 3.42. The van der Waals surface area contributed by atoms with Crippen molar-refractivity contribution in [2.24, 2.45) is 5.92 Å². The van der Waals surface area contributed by atoms with Gasteiger partial charge < -0.3 is 14.5 Å². The second-order valence-corrected chi connectivity index (χ2v) is 9.92. The van der Waals surface area contributed by atoms with Crippen LogP contribution in [0.2, 0.25) is 0 Å². The summed E-state index contributed by atoms with van der Waals surface area (Å²) in [7, 11) is 1.92. The minimum Gasteiger partial charge on any atom is -0.484 e. The van der Waals surface area contributed by atoms with Crippen molar-refractivity contribution in [3.63, 3.8) is 0 Å². The number of amides is 2. The highest BCUT2D eigenvalue weighted by Gasteiger charge is 2.33. The van der Waals surface area contributed by atoms with E-state index in [0.29, 0.717) is 24.8 Å². The van der Waals surface area contributed by atoms with Crippen molar-refractivity contribution in [3.8, 4) is 5.75 Å². The summed E-state index contributed by atoms with van der Waals surface area (Å²) < 4.78 is 5.70. The smallest absolute Gasteiger partial charge is 0.263 e. The first-order valence-electron chi connectivity index (χ1n) is 11.8. The van der Waals surface area contributed by atoms with Gasteiger partial charge in [0, 0.05) is 26.2 Å². The van der Waals surface area contributed by atoms with Crippen LogP contribution in [0.3, 0.4) is 0 Å². The third-order valence-corrected chi connectivity index (χ3v) is 7.52. The van der Waals surface area contributed by atoms with Crippen LogP contribution in [0.25, 0.3) is 0 Å². The molecule has 0 bridgehead atoms. The molecule has 1 aromatic heterocycles. The quantitative estimate of drug-likeness (QED) is 0.457. The maximum absolute atomic E-state index is 13.1. The molecule has 2 aromatic carbocycles. The summed E-state index contributed by atoms with van der Waals surface area (Å²) in [6, 6.07) is 22.0. The van der Waals surface area contributed by atoms with Crippen molar-refractivity contribution in [3.05, 3.63) is 88.1 Å². The number of likely N-dealkylation sites (N-methyl/N-ethyl adjacent to an activating group) is 1. The fraction of sp³-hybridized carbons (Fsp3) is 0.357. The molecule has 1 fully saturated rings. The highest BCUT2D eigenvalue weighted by atomic mass is 32.1. The van der Waals surface area contributed by atoms with Gasteiger partial charge in [-0.15, -0.1) is 11.3 Å². The monoisotopic (exact) mass is 476 g/mol. The third-order valence-electron chi connectivity index (χ3n) is 6.66. The van der Waals surface area contributed by atoms with Crippen molar-refractivity contribution in [2.75, 3.05) is 26.7 Å². The second kappa shape index (κ2) is 11.3. The zero-order chi connectivity index (χ0) is 23.9. The van der Waals surface area contributed by atoms with Crippen LogP contribution in [-0.4, -0.2) is 54.4 Å². The number of nitrogens with zero attached hydrogens (tertiary/aromatic N) is 2. The molecule has 5 nitrogen and oxygen atoms in total. The lowest BCUT2D eigenvalue weighted by Gasteiger charge is -2.40. The van der Waals surface area contributed by atoms with Gasteiger partial charge in [-0.25, -0.2) is 0 Å². The molecule has 1 saturated heterocycles. The standard InChI is InChI=1S/C28H32N2O3S/c1-21-10-12-24(13-11-21)33-20-27(31)30-16-14-23(15-17-30)25(19-22-7-4-3-5-8-22)29(2)28(32)26-9-6-18-34-26/h3-13,18,23,25H,14-17,19-20H2,1-2H3/t25-/m1/s1. The van der Waals surface area contributed by atoms with Gasteiger partial charge in [-0.3, -0.25) is 9.59 Å². The highest BCUT2D eigenvalue weighted by molar-refractivity contribution is 7.12. The van der Waals surface area contributed by atoms with Crippen LogP contribution in [0.4, 0.5) is 0 Å². The molecule has 34 heavy (non-hydrogen) atoms. The maximum Gasteiger partial charge on any atom is 0.263 e. The minimum atomic E-state index is 0.0154. The Morgan fingerprint density at radius 1 is 1.03 bits per heavy atom. The van der Waals surface area contributed by atoms with Crippen LogP contribution in [-0.2, 0) is 11.2 Å². The summed E-state index contributed by atoms with van der Waals surface area (Å²) in [5, 5.41) is 1.94. The summed E-state index contributed by atoms with van der Waals surface area (Å²) >= 11 is 1.48. The first-order chi connectivity index (χ1) is 16.5. The van der Waals surface area contributed by atoms with Crippen LogP contribution in [0, 0.1) is 12.8 Å². The number of benzene rings is 2. The van der Waals surface area contributed by atoms with Crippen molar-refractivity contribution >= 4 is 23.2 Å². The van der Waals surface area contributed by atoms with Crippen LogP contribution in [0.5, 0.6) is 5.75 Å². The minimum absolute atomic E-state index is 0.0154. The zero-order valence-corrected chi connectivity index (χ0v) is 20.7. The normalized spacial score (nSPS) is 15.1. The molecule has 178 valence electrons. The third kappa shape index (κ3) is 6.06. The topological polar surface area (TPSA) is 49.9 Å². The Labute approximate surface area is 206 Å². The summed E-state index contributed by atoms with van der Waals surface area (Å²) in [4.78, 5) is 30.5. The fourth-order valence-electron chi connectivity index (χ4n) is 4.60. The lowest BCUT2D eigenvalue weighted by atomic mass is 9.85. The molecule has 1 aliphatic rings. The Hall–Kier alpha value is -3.12. The Balaban J connectivity index is 1.38. The van der Waals surface area contributed by atoms with E-state index in [-0.39, 0.29) is 24.5 Å². The summed E-state index contributed by atoms with van der Waals surface area (Å²) in [6.07, 6.45) is 2.55. The van der Waals surface area contributed by atoms with E-state index in [2.05, 4.69) is 12.1 Å². The Morgan fingerprint density at radius 3 is 2.38 bits per heavy atom. The number of carbonyl (C=O) groups excluding carboxylic acids is 2. The van der Waals surface area contributed by atoms with Gasteiger partial charge >= 0.3 is 0 Å². The predicted molar refractivity (Wildman–Crippen MR) is 136 cm³/mol. The molecule has 1 aliphatic heterocycles. The first kappa shape index (κ1) is 24.0. The number of thiophene rings is 1. The van der Waals surface area contributed by atoms with E-state index < -0.39 is 0 Å². The van der Waals surface area contributed by atoms with Gasteiger partial charge in [-0.1, -0.05) is 54.1 Å². The number of carbonyl (C=O) groups is 2. The average molecular weight is 477 g/mol. The Bertz CT molecular complexity index is 1060. The van der Waals surface area contributed by atoms with Gasteiger partial charge in [0.1, 0.15) is 5.75 Å². The molecule has 4 rings (SSSR count). The molecule has 1 atom stereocenters. The largest absolute Gasteiger partial charge is 0.484 e. The Kier molecular flexibility index (Phi) is 8.01. The number of piperidine rings is 1. The maximum atomic E-state index is 13.1. The Morgan fingerprint density at radius 2 is 1.74 bits per heavy atom. The molecule has 3 aromatic rings. The summed E-state index contributed by atoms with van der Waals surface area (Å²) in [5.41, 5.74) is 2.39. The molecular formula is C28H32N2O3S. The summed E-state index contributed by atoms with van der Waals surface area (Å²) in [5.74, 6) is 1.13. The highest BCUT2D eigenvalue weighted by Crippen LogP contribution is 2.28. The molecular weight excluding hydrogens is 444 g/mol. The van der Waals surface area contributed by atoms with Crippen LogP contribution < -0.4 is 4.74 Å². The van der Waals surface area contributed by atoms with E-state index in [0.717, 1.165) is 29.7 Å². The number of aryl methyl sites for hydroxylation is 1. The molecule has 0 spiro atoms. The van der Waals surface area contributed by atoms with E-state index in [9.17, 15) is 9.59 Å². The van der Waals surface area contributed by atoms with Crippen LogP contribution >= 0.6 is 11.3 Å². The zero-order valence-electron chi connectivity index (χ0n) is 19.9. The van der Waals surface area contributed by atoms with E-state index in [1.54, 1.807) is 0 Å². The van der Waals surface area contributed by atoms with Gasteiger partial charge in [0.05, 0.1) is 4.88 Å². The van der Waals surface area contributed by atoms with E-state index in [1.807, 2.05) is 83.7 Å². The number of rotatable bonds is 8. The van der Waals surface area contributed by atoms with E-state index in [4.69, 9.17) is 4.74 Å². The van der Waals surface area contributed by atoms with Crippen LogP contribution in [0.15, 0.2) is 72.1 Å². The van der Waals surface area contributed by atoms with Crippen molar-refractivity contribution in [1.82, 2.24) is 9.80 Å². The molecule has 2 heterocycles. The second-order valence-electron chi connectivity index (χ2n) is 8.97. The van der Waals surface area contributed by atoms with Gasteiger partial charge in [0.2, 0.25) is 0 Å². The van der Waals surface area contributed by atoms with Gasteiger partial charge in [0.15, 0.2) is 6.61 Å². The van der Waals surface area contributed by atoms with Crippen LogP contribution in [0.1, 0.15) is 33.6 Å². The number of hydrogen-bond donors (Lipinski definition) is 0. The molecule has 0 radical (unpaired) electrons. The lowest BCUT2D eigenvalue weighted by molar-refractivity contribution is -0.135. The SMILES string of the molecule is Cc1ccc(OCC(=O)N2CCC([C@@H](Cc3ccccc3)N(C)C(=O)c3cccs3)CC2)cc1. The first-order valence-corrected chi connectivity index (χ1v) is 12.7. The molecule has 0 aliphatic carbocycles. The van der Waals surface area contributed by atoms with E-state index >= 15 is 0 Å². The van der Waals surface area contributed by atoms with Gasteiger partial charge in [-0.05, 0) is 61.2 Å². The van der Waals surface area contributed by atoms with E-state index in [1.165, 1.54) is 16.9 Å². The van der Waals surface area contributed by atoms with Crippen molar-refractivity contribution in [1.29, 1.82) is 0 Å². The molecule has 0 unspecified atom stereocenters. The molecule has 0 N–H and O–H groups in total. The number of ether oxygens (including phenoxy) is 1. The molecule has 2 amide bonds. The summed E-state index contributed by atoms with van der Waals surface area (Å²) in [6.45, 7) is 3.45. The van der Waals surface area contributed by atoms with Gasteiger partial charge in [-0.2, -0.15) is 0 Å². The number of likely N-dealkylation sites (tertiary alicyclic amines) is 1. The molecule has 0 saturated carbocycles. The van der Waals surface area contributed by atoms with Gasteiger partial charge in [0.25, 0.3) is 11.8 Å². The predicted octanol–water partition coefficient (Wildman–Crippen LogP) is 5.06. The lowest BCUT2D eigenvalue weighted by Crippen LogP contribution is -2.49.